The fourth-order valence-electron chi connectivity index (χ4n) is 7.54. The van der Waals surface area contributed by atoms with Crippen molar-refractivity contribution in [2.75, 3.05) is 0 Å². The number of furan rings is 1. The first-order valence-corrected chi connectivity index (χ1v) is 18.6. The molecule has 3 heteroatoms. The van der Waals surface area contributed by atoms with Crippen LogP contribution in [0.4, 0.5) is 0 Å². The number of hydrogen-bond donors (Lipinski definition) is 0. The normalized spacial score (nSPS) is 11.3. The van der Waals surface area contributed by atoms with Gasteiger partial charge in [0.2, 0.25) is 0 Å². The highest BCUT2D eigenvalue weighted by molar-refractivity contribution is 6.12. The Morgan fingerprint density at radius 3 is 1.36 bits per heavy atom. The van der Waals surface area contributed by atoms with Crippen molar-refractivity contribution in [1.29, 1.82) is 0 Å². The van der Waals surface area contributed by atoms with Gasteiger partial charge in [-0.25, -0.2) is 9.97 Å². The van der Waals surface area contributed by atoms with Gasteiger partial charge in [-0.2, -0.15) is 0 Å². The highest BCUT2D eigenvalue weighted by Crippen LogP contribution is 2.38. The summed E-state index contributed by atoms with van der Waals surface area (Å²) in [4.78, 5) is 10.3. The molecule has 0 saturated heterocycles. The third kappa shape index (κ3) is 6.28. The van der Waals surface area contributed by atoms with Crippen molar-refractivity contribution in [3.63, 3.8) is 0 Å². The third-order valence-electron chi connectivity index (χ3n) is 10.3. The molecule has 0 fully saturated rings. The molecule has 0 aliphatic heterocycles. The average Bonchev–Trinajstić information content (AvgIpc) is 3.66. The number of fused-ring (bicyclic) bond motifs is 3. The van der Waals surface area contributed by atoms with E-state index in [1.807, 2.05) is 24.3 Å². The molecule has 0 bridgehead atoms. The zero-order chi connectivity index (χ0) is 36.6. The lowest BCUT2D eigenvalue weighted by Gasteiger charge is -2.12. The fraction of sp³-hybridized carbons (Fsp3) is 0. The van der Waals surface area contributed by atoms with Crippen molar-refractivity contribution in [3.05, 3.63) is 206 Å². The molecule has 10 rings (SSSR count). The van der Waals surface area contributed by atoms with Crippen molar-refractivity contribution in [2.45, 2.75) is 0 Å². The molecule has 0 N–H and O–H groups in total. The fourth-order valence-corrected chi connectivity index (χ4v) is 7.54. The van der Waals surface area contributed by atoms with Crippen LogP contribution in [0.25, 0.3) is 100 Å². The van der Waals surface area contributed by atoms with Crippen LogP contribution in [0.2, 0.25) is 0 Å². The molecule has 10 aromatic rings. The number of nitrogens with zero attached hydrogens (tertiary/aromatic N) is 2. The summed E-state index contributed by atoms with van der Waals surface area (Å²) in [5.41, 5.74) is 15.9. The first kappa shape index (κ1) is 32.3. The van der Waals surface area contributed by atoms with Gasteiger partial charge in [0.25, 0.3) is 0 Å². The van der Waals surface area contributed by atoms with Gasteiger partial charge in [-0.1, -0.05) is 170 Å². The summed E-state index contributed by atoms with van der Waals surface area (Å²) in [6.07, 6.45) is 0. The number of para-hydroxylation sites is 1. The Kier molecular flexibility index (Phi) is 8.16. The van der Waals surface area contributed by atoms with Gasteiger partial charge >= 0.3 is 0 Å². The highest BCUT2D eigenvalue weighted by Gasteiger charge is 2.15. The van der Waals surface area contributed by atoms with Crippen molar-refractivity contribution in [2.24, 2.45) is 0 Å². The van der Waals surface area contributed by atoms with Gasteiger partial charge in [0.05, 0.1) is 11.4 Å². The summed E-state index contributed by atoms with van der Waals surface area (Å²) in [5, 5.41) is 2.25. The maximum absolute atomic E-state index is 6.18. The molecule has 0 unspecified atom stereocenters. The van der Waals surface area contributed by atoms with Gasteiger partial charge in [-0.15, -0.1) is 0 Å². The summed E-state index contributed by atoms with van der Waals surface area (Å²) in [6.45, 7) is 0. The molecular formula is C52H34N2O. The van der Waals surface area contributed by atoms with Crippen molar-refractivity contribution in [1.82, 2.24) is 9.97 Å². The van der Waals surface area contributed by atoms with Crippen molar-refractivity contribution in [3.8, 4) is 78.4 Å². The highest BCUT2D eigenvalue weighted by atomic mass is 16.3. The molecule has 8 aromatic carbocycles. The van der Waals surface area contributed by atoms with E-state index in [9.17, 15) is 0 Å². The zero-order valence-electron chi connectivity index (χ0n) is 29.9. The van der Waals surface area contributed by atoms with Gasteiger partial charge in [-0.05, 0) is 80.9 Å². The van der Waals surface area contributed by atoms with Crippen LogP contribution in [-0.4, -0.2) is 9.97 Å². The Balaban J connectivity index is 1.02. The molecule has 55 heavy (non-hydrogen) atoms. The molecule has 3 nitrogen and oxygen atoms in total. The molecule has 2 heterocycles. The van der Waals surface area contributed by atoms with Crippen LogP contribution >= 0.6 is 0 Å². The van der Waals surface area contributed by atoms with Gasteiger partial charge in [0.15, 0.2) is 5.82 Å². The average molecular weight is 703 g/mol. The summed E-state index contributed by atoms with van der Waals surface area (Å²) in [6, 6.07) is 72.2. The van der Waals surface area contributed by atoms with E-state index in [4.69, 9.17) is 14.4 Å². The summed E-state index contributed by atoms with van der Waals surface area (Å²) in [5.74, 6) is 0.684. The van der Waals surface area contributed by atoms with E-state index in [0.29, 0.717) is 5.82 Å². The van der Waals surface area contributed by atoms with Crippen LogP contribution in [-0.2, 0) is 0 Å². The SMILES string of the molecule is c1ccc(-c2cccc(-c3cccc(-c4cccc(-c5nc(-c6ccccc6)cc(-c6ccc(-c7cccc8oc9ccccc9c78)cc6)n5)c4)c3)c2)cc1. The second kappa shape index (κ2) is 13.9. The number of benzene rings is 8. The third-order valence-corrected chi connectivity index (χ3v) is 10.3. The Morgan fingerprint density at radius 1 is 0.291 bits per heavy atom. The molecule has 0 radical (unpaired) electrons. The lowest BCUT2D eigenvalue weighted by atomic mass is 9.95. The van der Waals surface area contributed by atoms with E-state index in [1.165, 1.54) is 22.3 Å². The number of hydrogen-bond acceptors (Lipinski definition) is 3. The van der Waals surface area contributed by atoms with Crippen molar-refractivity contribution < 1.29 is 4.42 Å². The first-order valence-electron chi connectivity index (χ1n) is 18.6. The minimum absolute atomic E-state index is 0.684. The largest absolute Gasteiger partial charge is 0.456 e. The van der Waals surface area contributed by atoms with Gasteiger partial charge < -0.3 is 4.42 Å². The topological polar surface area (TPSA) is 38.9 Å². The molecule has 2 aromatic heterocycles. The zero-order valence-corrected chi connectivity index (χ0v) is 29.9. The quantitative estimate of drug-likeness (QED) is 0.166. The molecule has 0 amide bonds. The van der Waals surface area contributed by atoms with E-state index in [0.717, 1.165) is 72.3 Å². The maximum atomic E-state index is 6.18. The minimum Gasteiger partial charge on any atom is -0.456 e. The number of aromatic nitrogens is 2. The van der Waals surface area contributed by atoms with Gasteiger partial charge in [0, 0.05) is 27.5 Å². The maximum Gasteiger partial charge on any atom is 0.160 e. The summed E-state index contributed by atoms with van der Waals surface area (Å²) >= 11 is 0. The first-order chi connectivity index (χ1) is 27.2. The van der Waals surface area contributed by atoms with Crippen molar-refractivity contribution >= 4 is 21.9 Å². The molecule has 0 aliphatic carbocycles. The molecule has 0 saturated carbocycles. The second-order valence-corrected chi connectivity index (χ2v) is 13.8. The minimum atomic E-state index is 0.684. The lowest BCUT2D eigenvalue weighted by Crippen LogP contribution is -1.96. The predicted octanol–water partition coefficient (Wildman–Crippen LogP) is 14.0. The smallest absolute Gasteiger partial charge is 0.160 e. The van der Waals surface area contributed by atoms with Crippen LogP contribution < -0.4 is 0 Å². The lowest BCUT2D eigenvalue weighted by molar-refractivity contribution is 0.669. The molecule has 258 valence electrons. The monoisotopic (exact) mass is 702 g/mol. The Morgan fingerprint density at radius 2 is 0.727 bits per heavy atom. The van der Waals surface area contributed by atoms with Gasteiger partial charge in [0.1, 0.15) is 11.2 Å². The standard InChI is InChI=1S/C52H34N2O/c1-3-13-35(14-4-1)39-17-9-18-40(31-39)41-19-10-20-42(32-41)43-21-11-22-44(33-43)52-53-47(37-15-5-2-6-16-37)34-48(54-52)38-29-27-36(28-30-38)45-24-12-26-50-51(45)46-23-7-8-25-49(46)55-50/h1-34H. The van der Waals surface area contributed by atoms with E-state index in [2.05, 4.69) is 182 Å². The number of rotatable bonds is 7. The predicted molar refractivity (Wildman–Crippen MR) is 227 cm³/mol. The Hall–Kier alpha value is -7.36. The summed E-state index contributed by atoms with van der Waals surface area (Å²) in [7, 11) is 0. The molecule has 0 spiro atoms. The van der Waals surface area contributed by atoms with E-state index >= 15 is 0 Å². The van der Waals surface area contributed by atoms with Crippen LogP contribution in [0.3, 0.4) is 0 Å². The Bertz CT molecular complexity index is 2960. The summed E-state index contributed by atoms with van der Waals surface area (Å²) < 4.78 is 6.18. The second-order valence-electron chi connectivity index (χ2n) is 13.8. The van der Waals surface area contributed by atoms with Crippen LogP contribution in [0.5, 0.6) is 0 Å². The van der Waals surface area contributed by atoms with E-state index in [1.54, 1.807) is 0 Å². The van der Waals surface area contributed by atoms with Crippen LogP contribution in [0.1, 0.15) is 0 Å². The van der Waals surface area contributed by atoms with E-state index < -0.39 is 0 Å². The van der Waals surface area contributed by atoms with Crippen LogP contribution in [0.15, 0.2) is 211 Å². The van der Waals surface area contributed by atoms with Crippen LogP contribution in [0, 0.1) is 0 Å². The Labute approximate surface area is 319 Å². The van der Waals surface area contributed by atoms with E-state index in [-0.39, 0.29) is 0 Å². The van der Waals surface area contributed by atoms with Gasteiger partial charge in [-0.3, -0.25) is 0 Å². The molecule has 0 atom stereocenters. The molecule has 0 aliphatic rings. The molecular weight excluding hydrogens is 669 g/mol.